The minimum absolute atomic E-state index is 0.244. The molecule has 0 bridgehead atoms. The average Bonchev–Trinajstić information content (AvgIpc) is 3.00. The van der Waals surface area contributed by atoms with Crippen molar-refractivity contribution in [3.05, 3.63) is 32.5 Å². The Morgan fingerprint density at radius 1 is 1.43 bits per heavy atom. The quantitative estimate of drug-likeness (QED) is 0.844. The predicted molar refractivity (Wildman–Crippen MR) is 89.2 cm³/mol. The molecule has 0 aliphatic rings. The molecule has 4 nitrogen and oxygen atoms in total. The van der Waals surface area contributed by atoms with E-state index in [1.54, 1.807) is 11.3 Å². The van der Waals surface area contributed by atoms with Gasteiger partial charge in [0, 0.05) is 30.6 Å². The minimum Gasteiger partial charge on any atom is -0.309 e. The molecule has 0 aliphatic heterocycles. The normalized spacial score (nSPS) is 12.8. The number of hydrogen-bond acceptors (Lipinski definition) is 4. The van der Waals surface area contributed by atoms with Crippen LogP contribution in [0.4, 0.5) is 0 Å². The SMILES string of the molecule is CCCNC(Cc1c(Cl)c(CC)nn1C)c1cnc(C)s1. The lowest BCUT2D eigenvalue weighted by atomic mass is 10.1. The molecule has 0 fully saturated rings. The van der Waals surface area contributed by atoms with Gasteiger partial charge >= 0.3 is 0 Å². The fourth-order valence-corrected chi connectivity index (χ4v) is 3.60. The number of halogens is 1. The third-order valence-electron chi connectivity index (χ3n) is 3.52. The summed E-state index contributed by atoms with van der Waals surface area (Å²) < 4.78 is 1.91. The number of nitrogens with one attached hydrogen (secondary N) is 1. The lowest BCUT2D eigenvalue weighted by Gasteiger charge is -2.17. The average molecular weight is 327 g/mol. The van der Waals surface area contributed by atoms with Crippen LogP contribution >= 0.6 is 22.9 Å². The van der Waals surface area contributed by atoms with E-state index in [0.717, 1.165) is 47.2 Å². The zero-order chi connectivity index (χ0) is 15.4. The number of aryl methyl sites for hydroxylation is 3. The van der Waals surface area contributed by atoms with E-state index in [2.05, 4.69) is 29.2 Å². The van der Waals surface area contributed by atoms with Gasteiger partial charge in [0.1, 0.15) is 0 Å². The Balaban J connectivity index is 2.24. The van der Waals surface area contributed by atoms with Gasteiger partial charge in [0.2, 0.25) is 0 Å². The largest absolute Gasteiger partial charge is 0.309 e. The van der Waals surface area contributed by atoms with Crippen molar-refractivity contribution in [2.24, 2.45) is 7.05 Å². The summed E-state index contributed by atoms with van der Waals surface area (Å²) >= 11 is 8.22. The van der Waals surface area contributed by atoms with Crippen LogP contribution in [0.15, 0.2) is 6.20 Å². The first-order valence-electron chi connectivity index (χ1n) is 7.42. The first-order chi connectivity index (χ1) is 10.1. The Hall–Kier alpha value is -0.910. The van der Waals surface area contributed by atoms with E-state index in [4.69, 9.17) is 11.6 Å². The van der Waals surface area contributed by atoms with Gasteiger partial charge in [0.05, 0.1) is 21.4 Å². The molecular weight excluding hydrogens is 304 g/mol. The Kier molecular flexibility index (Phi) is 5.79. The second-order valence-corrected chi connectivity index (χ2v) is 6.82. The van der Waals surface area contributed by atoms with Crippen LogP contribution < -0.4 is 5.32 Å². The van der Waals surface area contributed by atoms with E-state index < -0.39 is 0 Å². The fraction of sp³-hybridized carbons (Fsp3) is 0.600. The van der Waals surface area contributed by atoms with Crippen LogP contribution in [0.25, 0.3) is 0 Å². The molecule has 0 saturated carbocycles. The molecule has 1 unspecified atom stereocenters. The maximum atomic E-state index is 6.48. The van der Waals surface area contributed by atoms with Crippen LogP contribution in [0.3, 0.4) is 0 Å². The zero-order valence-corrected chi connectivity index (χ0v) is 14.7. The topological polar surface area (TPSA) is 42.7 Å². The van der Waals surface area contributed by atoms with E-state index in [1.807, 2.05) is 24.9 Å². The molecule has 1 N–H and O–H groups in total. The number of rotatable bonds is 7. The molecule has 2 aromatic rings. The van der Waals surface area contributed by atoms with Crippen LogP contribution in [0.2, 0.25) is 5.02 Å². The van der Waals surface area contributed by atoms with Crippen LogP contribution in [-0.2, 0) is 19.9 Å². The number of nitrogens with zero attached hydrogens (tertiary/aromatic N) is 3. The first kappa shape index (κ1) is 16.5. The Morgan fingerprint density at radius 2 is 2.19 bits per heavy atom. The highest BCUT2D eigenvalue weighted by Crippen LogP contribution is 2.28. The van der Waals surface area contributed by atoms with Crippen molar-refractivity contribution < 1.29 is 0 Å². The predicted octanol–water partition coefficient (Wildman–Crippen LogP) is 3.68. The smallest absolute Gasteiger partial charge is 0.0897 e. The molecule has 0 aliphatic carbocycles. The van der Waals surface area contributed by atoms with Crippen molar-refractivity contribution in [3.8, 4) is 0 Å². The molecule has 1 atom stereocenters. The van der Waals surface area contributed by atoms with Gasteiger partial charge in [-0.1, -0.05) is 25.4 Å². The van der Waals surface area contributed by atoms with Gasteiger partial charge in [0.25, 0.3) is 0 Å². The summed E-state index contributed by atoms with van der Waals surface area (Å²) in [7, 11) is 1.97. The maximum absolute atomic E-state index is 6.48. The van der Waals surface area contributed by atoms with Crippen molar-refractivity contribution in [1.82, 2.24) is 20.1 Å². The van der Waals surface area contributed by atoms with E-state index in [1.165, 1.54) is 4.88 Å². The molecule has 2 heterocycles. The summed E-state index contributed by atoms with van der Waals surface area (Å²) in [6.45, 7) is 7.28. The van der Waals surface area contributed by atoms with Crippen LogP contribution in [0.1, 0.15) is 47.6 Å². The van der Waals surface area contributed by atoms with Crippen molar-refractivity contribution in [3.63, 3.8) is 0 Å². The molecule has 0 radical (unpaired) electrons. The zero-order valence-electron chi connectivity index (χ0n) is 13.1. The van der Waals surface area contributed by atoms with Gasteiger partial charge < -0.3 is 5.32 Å². The Bertz CT molecular complexity index is 591. The number of thiazole rings is 1. The molecule has 116 valence electrons. The highest BCUT2D eigenvalue weighted by atomic mass is 35.5. The summed E-state index contributed by atoms with van der Waals surface area (Å²) in [5.74, 6) is 0. The Labute approximate surface area is 135 Å². The molecule has 0 saturated heterocycles. The monoisotopic (exact) mass is 326 g/mol. The molecule has 0 amide bonds. The summed E-state index contributed by atoms with van der Waals surface area (Å²) in [6, 6.07) is 0.244. The highest BCUT2D eigenvalue weighted by Gasteiger charge is 2.20. The van der Waals surface area contributed by atoms with Gasteiger partial charge in [0.15, 0.2) is 0 Å². The standard InChI is InChI=1S/C15H23ClN4S/c1-5-7-17-12(14-9-18-10(3)21-14)8-13-15(16)11(6-2)19-20(13)4/h9,12,17H,5-8H2,1-4H3. The molecule has 2 rings (SSSR count). The lowest BCUT2D eigenvalue weighted by molar-refractivity contribution is 0.518. The fourth-order valence-electron chi connectivity index (χ4n) is 2.37. The third kappa shape index (κ3) is 3.84. The van der Waals surface area contributed by atoms with Gasteiger partial charge in [-0.2, -0.15) is 5.10 Å². The van der Waals surface area contributed by atoms with E-state index >= 15 is 0 Å². The van der Waals surface area contributed by atoms with E-state index in [0.29, 0.717) is 0 Å². The van der Waals surface area contributed by atoms with Crippen LogP contribution in [0, 0.1) is 6.92 Å². The van der Waals surface area contributed by atoms with Crippen molar-refractivity contribution in [1.29, 1.82) is 0 Å². The summed E-state index contributed by atoms with van der Waals surface area (Å²) in [4.78, 5) is 5.64. The Morgan fingerprint density at radius 3 is 2.71 bits per heavy atom. The second kappa shape index (κ2) is 7.38. The van der Waals surface area contributed by atoms with Crippen molar-refractivity contribution in [2.45, 2.75) is 46.1 Å². The molecule has 2 aromatic heterocycles. The highest BCUT2D eigenvalue weighted by molar-refractivity contribution is 7.11. The lowest BCUT2D eigenvalue weighted by Crippen LogP contribution is -2.24. The first-order valence-corrected chi connectivity index (χ1v) is 8.62. The van der Waals surface area contributed by atoms with Gasteiger partial charge in [-0.25, -0.2) is 4.98 Å². The second-order valence-electron chi connectivity index (χ2n) is 5.18. The number of aromatic nitrogens is 3. The maximum Gasteiger partial charge on any atom is 0.0897 e. The molecule has 0 aromatic carbocycles. The van der Waals surface area contributed by atoms with Gasteiger partial charge in [-0.15, -0.1) is 11.3 Å². The van der Waals surface area contributed by atoms with E-state index in [9.17, 15) is 0 Å². The van der Waals surface area contributed by atoms with Crippen LogP contribution in [0.5, 0.6) is 0 Å². The van der Waals surface area contributed by atoms with Gasteiger partial charge in [-0.05, 0) is 26.3 Å². The number of hydrogen-bond donors (Lipinski definition) is 1. The summed E-state index contributed by atoms with van der Waals surface area (Å²) in [5.41, 5.74) is 2.07. The third-order valence-corrected chi connectivity index (χ3v) is 4.99. The van der Waals surface area contributed by atoms with Crippen molar-refractivity contribution in [2.75, 3.05) is 6.54 Å². The molecule has 21 heavy (non-hydrogen) atoms. The molecular formula is C15H23ClN4S. The van der Waals surface area contributed by atoms with Crippen molar-refractivity contribution >= 4 is 22.9 Å². The summed E-state index contributed by atoms with van der Waals surface area (Å²) in [5, 5.41) is 10.0. The molecule has 6 heteroatoms. The minimum atomic E-state index is 0.244. The van der Waals surface area contributed by atoms with Gasteiger partial charge in [-0.3, -0.25) is 4.68 Å². The van der Waals surface area contributed by atoms with E-state index in [-0.39, 0.29) is 6.04 Å². The summed E-state index contributed by atoms with van der Waals surface area (Å²) in [6.07, 6.45) is 4.77. The molecule has 0 spiro atoms. The van der Waals surface area contributed by atoms with Crippen LogP contribution in [-0.4, -0.2) is 21.3 Å².